The van der Waals surface area contributed by atoms with E-state index >= 15 is 0 Å². The molecule has 0 unspecified atom stereocenters. The van der Waals surface area contributed by atoms with E-state index in [-0.39, 0.29) is 41.1 Å². The molecule has 3 rings (SSSR count). The maximum Gasteiger partial charge on any atom is 0.303 e. The van der Waals surface area contributed by atoms with Gasteiger partial charge in [0.15, 0.2) is 0 Å². The molecular formula is C36H49BrClN7O6S2. The Labute approximate surface area is 329 Å². The minimum absolute atomic E-state index is 0.0497. The quantitative estimate of drug-likeness (QED) is 0.126. The fraction of sp³-hybridized carbons (Fsp3) is 0.444. The van der Waals surface area contributed by atoms with Gasteiger partial charge in [-0.25, -0.2) is 0 Å². The van der Waals surface area contributed by atoms with Gasteiger partial charge in [0.2, 0.25) is 11.8 Å². The van der Waals surface area contributed by atoms with Crippen LogP contribution in [0.3, 0.4) is 0 Å². The Morgan fingerprint density at radius 1 is 0.868 bits per heavy atom. The number of rotatable bonds is 18. The number of thiophene rings is 1. The first-order valence-corrected chi connectivity index (χ1v) is 20.5. The fourth-order valence-electron chi connectivity index (χ4n) is 5.23. The van der Waals surface area contributed by atoms with E-state index in [9.17, 15) is 27.6 Å². The van der Waals surface area contributed by atoms with Crippen LogP contribution in [-0.4, -0.2) is 88.7 Å². The number of anilines is 1. The molecule has 17 heteroatoms. The van der Waals surface area contributed by atoms with Crippen molar-refractivity contribution in [2.75, 3.05) is 38.5 Å². The van der Waals surface area contributed by atoms with Gasteiger partial charge in [-0.05, 0) is 90.6 Å². The fourth-order valence-corrected chi connectivity index (χ4v) is 7.85. The Morgan fingerprint density at radius 3 is 2.06 bits per heavy atom. The molecule has 0 aliphatic carbocycles. The van der Waals surface area contributed by atoms with E-state index in [1.54, 1.807) is 39.0 Å². The van der Waals surface area contributed by atoms with Crippen molar-refractivity contribution in [3.63, 3.8) is 0 Å². The molecule has 0 aliphatic heterocycles. The van der Waals surface area contributed by atoms with E-state index in [4.69, 9.17) is 11.6 Å². The summed E-state index contributed by atoms with van der Waals surface area (Å²) in [4.78, 5) is 54.3. The molecule has 0 saturated carbocycles. The van der Waals surface area contributed by atoms with Crippen LogP contribution in [0.15, 0.2) is 58.4 Å². The highest BCUT2D eigenvalue weighted by molar-refractivity contribution is 9.11. The molecule has 290 valence electrons. The molecule has 5 N–H and O–H groups in total. The molecule has 2 aromatic carbocycles. The standard InChI is InChI=1S/C36H49BrClN7O6S2/c1-9-39-36(49)32(21(2)3)43-33(46)23(5)40-20-28(19-30-13-14-31(37)52-30)42-35(48)26-15-25(17-29(18-26)45(8)53(50,51)44(6)7)34(47)41-22(4)24-11-10-12-27(38)16-24/h10-18,21-23,28,32,40H,9,19-20H2,1-8H3,(H,39,49)(H,41,47)(H,42,48)(H,43,46)/t22-,23+,28+,32+/m1/s1. The summed E-state index contributed by atoms with van der Waals surface area (Å²) in [6.07, 6.45) is 0.399. The number of hydrogen-bond acceptors (Lipinski definition) is 8. The van der Waals surface area contributed by atoms with Crippen molar-refractivity contribution >= 4 is 78.4 Å². The molecule has 0 bridgehead atoms. The highest BCUT2D eigenvalue weighted by Crippen LogP contribution is 2.25. The Kier molecular flexibility index (Phi) is 16.3. The molecule has 4 amide bonds. The van der Waals surface area contributed by atoms with Gasteiger partial charge < -0.3 is 26.6 Å². The summed E-state index contributed by atoms with van der Waals surface area (Å²) in [5.74, 6) is -1.88. The molecule has 0 radical (unpaired) electrons. The monoisotopic (exact) mass is 853 g/mol. The molecule has 13 nitrogen and oxygen atoms in total. The number of hydrogen-bond donors (Lipinski definition) is 5. The van der Waals surface area contributed by atoms with E-state index < -0.39 is 46.2 Å². The molecule has 0 spiro atoms. The summed E-state index contributed by atoms with van der Waals surface area (Å²) in [5.41, 5.74) is 0.973. The number of amides is 4. The third kappa shape index (κ3) is 12.5. The van der Waals surface area contributed by atoms with Crippen LogP contribution >= 0.6 is 38.9 Å². The minimum atomic E-state index is -3.98. The molecular weight excluding hydrogens is 806 g/mol. The number of likely N-dealkylation sites (N-methyl/N-ethyl adjacent to an activating group) is 1. The minimum Gasteiger partial charge on any atom is -0.355 e. The maximum atomic E-state index is 14.0. The average molecular weight is 855 g/mol. The predicted octanol–water partition coefficient (Wildman–Crippen LogP) is 4.49. The summed E-state index contributed by atoms with van der Waals surface area (Å²) in [6, 6.07) is 12.7. The number of benzene rings is 2. The second-order valence-electron chi connectivity index (χ2n) is 13.1. The van der Waals surface area contributed by atoms with E-state index in [0.717, 1.165) is 22.8 Å². The number of carbonyl (C=O) groups excluding carboxylic acids is 4. The van der Waals surface area contributed by atoms with Crippen LogP contribution in [0.4, 0.5) is 5.69 Å². The lowest BCUT2D eigenvalue weighted by atomic mass is 10.0. The third-order valence-electron chi connectivity index (χ3n) is 8.38. The van der Waals surface area contributed by atoms with Gasteiger partial charge in [0, 0.05) is 67.7 Å². The lowest BCUT2D eigenvalue weighted by Gasteiger charge is -2.26. The Balaban J connectivity index is 1.91. The van der Waals surface area contributed by atoms with Crippen molar-refractivity contribution in [3.05, 3.63) is 85.0 Å². The van der Waals surface area contributed by atoms with Gasteiger partial charge >= 0.3 is 10.2 Å². The summed E-state index contributed by atoms with van der Waals surface area (Å²) in [7, 11) is 0.120. The average Bonchev–Trinajstić information content (AvgIpc) is 3.52. The van der Waals surface area contributed by atoms with Crippen LogP contribution in [0.25, 0.3) is 0 Å². The highest BCUT2D eigenvalue weighted by atomic mass is 79.9. The molecule has 0 aliphatic rings. The van der Waals surface area contributed by atoms with Crippen LogP contribution in [0, 0.1) is 5.92 Å². The molecule has 0 saturated heterocycles. The van der Waals surface area contributed by atoms with Crippen LogP contribution < -0.4 is 30.9 Å². The highest BCUT2D eigenvalue weighted by Gasteiger charge is 2.28. The smallest absolute Gasteiger partial charge is 0.303 e. The van der Waals surface area contributed by atoms with E-state index in [1.165, 1.54) is 50.7 Å². The van der Waals surface area contributed by atoms with E-state index in [2.05, 4.69) is 42.5 Å². The third-order valence-corrected chi connectivity index (χ3v) is 12.1. The zero-order chi connectivity index (χ0) is 39.6. The normalized spacial score (nSPS) is 13.9. The lowest BCUT2D eigenvalue weighted by Crippen LogP contribution is -2.55. The van der Waals surface area contributed by atoms with Crippen molar-refractivity contribution in [1.82, 2.24) is 30.9 Å². The summed E-state index contributed by atoms with van der Waals surface area (Å²) in [5, 5.41) is 15.2. The second kappa shape index (κ2) is 19.7. The molecule has 0 fully saturated rings. The largest absolute Gasteiger partial charge is 0.355 e. The zero-order valence-corrected chi connectivity index (χ0v) is 35.1. The Hall–Kier alpha value is -3.54. The zero-order valence-electron chi connectivity index (χ0n) is 31.1. The van der Waals surface area contributed by atoms with Gasteiger partial charge in [-0.15, -0.1) is 11.3 Å². The SMILES string of the molecule is CCNC(=O)[C@@H](NC(=O)[C@H](C)NC[C@H](Cc1ccc(Br)s1)NC(=O)c1cc(C(=O)N[C@H](C)c2cccc(Cl)c2)cc(N(C)S(=O)(=O)N(C)C)c1)C(C)C. The topological polar surface area (TPSA) is 169 Å². The first-order chi connectivity index (χ1) is 24.8. The number of nitrogens with zero attached hydrogens (tertiary/aromatic N) is 2. The van der Waals surface area contributed by atoms with Gasteiger partial charge in [-0.3, -0.25) is 23.5 Å². The van der Waals surface area contributed by atoms with Crippen LogP contribution in [-0.2, 0) is 26.2 Å². The first kappa shape index (κ1) is 43.9. The van der Waals surface area contributed by atoms with Gasteiger partial charge in [0.1, 0.15) is 6.04 Å². The van der Waals surface area contributed by atoms with Gasteiger partial charge in [-0.1, -0.05) is 37.6 Å². The number of halogens is 2. The molecule has 1 heterocycles. The maximum absolute atomic E-state index is 14.0. The van der Waals surface area contributed by atoms with Crippen molar-refractivity contribution in [2.24, 2.45) is 5.92 Å². The Bertz CT molecular complexity index is 1870. The van der Waals surface area contributed by atoms with Crippen LogP contribution in [0.5, 0.6) is 0 Å². The van der Waals surface area contributed by atoms with Crippen molar-refractivity contribution < 1.29 is 27.6 Å². The van der Waals surface area contributed by atoms with Crippen LogP contribution in [0.1, 0.15) is 71.8 Å². The van der Waals surface area contributed by atoms with Gasteiger partial charge in [0.25, 0.3) is 11.8 Å². The number of carbonyl (C=O) groups is 4. The van der Waals surface area contributed by atoms with Crippen molar-refractivity contribution in [3.8, 4) is 0 Å². The Morgan fingerprint density at radius 2 is 1.51 bits per heavy atom. The van der Waals surface area contributed by atoms with Crippen molar-refractivity contribution in [1.29, 1.82) is 0 Å². The lowest BCUT2D eigenvalue weighted by molar-refractivity contribution is -0.130. The number of nitrogens with one attached hydrogen (secondary N) is 5. The molecule has 3 aromatic rings. The molecule has 4 atom stereocenters. The summed E-state index contributed by atoms with van der Waals surface area (Å²) < 4.78 is 29.2. The van der Waals surface area contributed by atoms with Crippen LogP contribution in [0.2, 0.25) is 5.02 Å². The summed E-state index contributed by atoms with van der Waals surface area (Å²) in [6.45, 7) is 9.56. The summed E-state index contributed by atoms with van der Waals surface area (Å²) >= 11 is 11.1. The van der Waals surface area contributed by atoms with Gasteiger partial charge in [-0.2, -0.15) is 12.7 Å². The first-order valence-electron chi connectivity index (χ1n) is 17.1. The van der Waals surface area contributed by atoms with Gasteiger partial charge in [0.05, 0.1) is 21.6 Å². The van der Waals surface area contributed by atoms with Crippen molar-refractivity contribution in [2.45, 2.75) is 65.2 Å². The molecule has 53 heavy (non-hydrogen) atoms. The second-order valence-corrected chi connectivity index (χ2v) is 18.3. The molecule has 1 aromatic heterocycles. The van der Waals surface area contributed by atoms with E-state index in [1.807, 2.05) is 32.0 Å². The van der Waals surface area contributed by atoms with E-state index in [0.29, 0.717) is 18.0 Å². The predicted molar refractivity (Wildman–Crippen MR) is 215 cm³/mol.